The first-order chi connectivity index (χ1) is 18.2. The molecule has 1 aliphatic heterocycles. The smallest absolute Gasteiger partial charge is 0.244 e. The Balaban J connectivity index is 1.18. The third-order valence-electron chi connectivity index (χ3n) is 6.73. The third kappa shape index (κ3) is 5.07. The SMILES string of the molecule is O=C(Cn1cnnc1)Nc1ccc(-c2nc3ccccn3c2CN2CCN(c3ccccc3)CC2)cc1. The van der Waals surface area contributed by atoms with Gasteiger partial charge in [0.1, 0.15) is 24.8 Å². The molecule has 1 fully saturated rings. The summed E-state index contributed by atoms with van der Waals surface area (Å²) in [6.45, 7) is 4.97. The van der Waals surface area contributed by atoms with Crippen LogP contribution in [0.2, 0.25) is 0 Å². The van der Waals surface area contributed by atoms with E-state index < -0.39 is 0 Å². The normalized spacial score (nSPS) is 14.2. The molecule has 4 heterocycles. The summed E-state index contributed by atoms with van der Waals surface area (Å²) in [6.07, 6.45) is 5.13. The Morgan fingerprint density at radius 3 is 2.32 bits per heavy atom. The Kier molecular flexibility index (Phi) is 6.35. The van der Waals surface area contributed by atoms with E-state index in [0.29, 0.717) is 0 Å². The lowest BCUT2D eigenvalue weighted by Gasteiger charge is -2.36. The van der Waals surface area contributed by atoms with Gasteiger partial charge in [-0.25, -0.2) is 4.98 Å². The highest BCUT2D eigenvalue weighted by Crippen LogP contribution is 2.28. The summed E-state index contributed by atoms with van der Waals surface area (Å²) in [6, 6.07) is 24.6. The molecule has 9 nitrogen and oxygen atoms in total. The van der Waals surface area contributed by atoms with E-state index in [2.05, 4.69) is 66.2 Å². The number of hydrogen-bond donors (Lipinski definition) is 1. The molecule has 9 heteroatoms. The molecule has 1 N–H and O–H groups in total. The molecule has 1 aliphatic rings. The molecule has 186 valence electrons. The summed E-state index contributed by atoms with van der Waals surface area (Å²) < 4.78 is 3.82. The summed E-state index contributed by atoms with van der Waals surface area (Å²) in [7, 11) is 0. The molecule has 0 bridgehead atoms. The molecule has 0 unspecified atom stereocenters. The fraction of sp³-hybridized carbons (Fsp3) is 0.214. The minimum absolute atomic E-state index is 0.129. The first-order valence-corrected chi connectivity index (χ1v) is 12.4. The van der Waals surface area contributed by atoms with Gasteiger partial charge in [-0.05, 0) is 36.4 Å². The van der Waals surface area contributed by atoms with Crippen molar-refractivity contribution < 1.29 is 4.79 Å². The zero-order chi connectivity index (χ0) is 25.0. The second kappa shape index (κ2) is 10.2. The van der Waals surface area contributed by atoms with Gasteiger partial charge in [0, 0.05) is 55.9 Å². The molecule has 0 radical (unpaired) electrons. The number of rotatable bonds is 7. The summed E-state index contributed by atoms with van der Waals surface area (Å²) in [5, 5.41) is 10.4. The van der Waals surface area contributed by atoms with Crippen molar-refractivity contribution in [3.63, 3.8) is 0 Å². The molecule has 37 heavy (non-hydrogen) atoms. The molecule has 0 saturated carbocycles. The van der Waals surface area contributed by atoms with E-state index in [1.54, 1.807) is 4.57 Å². The molecular weight excluding hydrogens is 464 g/mol. The van der Waals surface area contributed by atoms with Gasteiger partial charge in [-0.1, -0.05) is 36.4 Å². The van der Waals surface area contributed by atoms with E-state index in [1.165, 1.54) is 24.0 Å². The van der Waals surface area contributed by atoms with Crippen molar-refractivity contribution in [2.75, 3.05) is 36.4 Å². The summed E-state index contributed by atoms with van der Waals surface area (Å²) in [4.78, 5) is 22.2. The highest BCUT2D eigenvalue weighted by Gasteiger charge is 2.21. The van der Waals surface area contributed by atoms with Crippen molar-refractivity contribution in [1.82, 2.24) is 29.0 Å². The Bertz CT molecular complexity index is 1470. The number of piperazine rings is 1. The number of aromatic nitrogens is 5. The molecule has 2 aromatic carbocycles. The quantitative estimate of drug-likeness (QED) is 0.374. The van der Waals surface area contributed by atoms with Gasteiger partial charge in [0.25, 0.3) is 0 Å². The number of carbonyl (C=O) groups is 1. The minimum Gasteiger partial charge on any atom is -0.369 e. The van der Waals surface area contributed by atoms with Crippen LogP contribution in [0.15, 0.2) is 91.6 Å². The number of imidazole rings is 1. The Hall–Kier alpha value is -4.50. The van der Waals surface area contributed by atoms with Crippen LogP contribution in [0, 0.1) is 0 Å². The average Bonchev–Trinajstić information content (AvgIpc) is 3.58. The topological polar surface area (TPSA) is 83.6 Å². The molecule has 5 aromatic rings. The predicted octanol–water partition coefficient (Wildman–Crippen LogP) is 3.55. The first-order valence-electron chi connectivity index (χ1n) is 12.4. The van der Waals surface area contributed by atoms with Crippen molar-refractivity contribution >= 4 is 22.9 Å². The number of nitrogens with one attached hydrogen (secondary N) is 1. The first kappa shape index (κ1) is 22.9. The standard InChI is InChI=1S/C28H28N8O/c37-27(19-34-20-29-30-21-34)31-23-11-9-22(10-12-23)28-25(36-13-5-4-8-26(36)32-28)18-33-14-16-35(17-15-33)24-6-2-1-3-7-24/h1-13,20-21H,14-19H2,(H,31,37). The van der Waals surface area contributed by atoms with E-state index in [0.717, 1.165) is 55.3 Å². The van der Waals surface area contributed by atoms with E-state index >= 15 is 0 Å². The van der Waals surface area contributed by atoms with Crippen molar-refractivity contribution in [2.24, 2.45) is 0 Å². The van der Waals surface area contributed by atoms with Crippen molar-refractivity contribution in [1.29, 1.82) is 0 Å². The molecule has 0 spiro atoms. The molecule has 1 saturated heterocycles. The Labute approximate surface area is 215 Å². The largest absolute Gasteiger partial charge is 0.369 e. The monoisotopic (exact) mass is 492 g/mol. The molecule has 6 rings (SSSR count). The number of pyridine rings is 1. The van der Waals surface area contributed by atoms with Crippen LogP contribution in [-0.2, 0) is 17.9 Å². The average molecular weight is 493 g/mol. The van der Waals surface area contributed by atoms with Gasteiger partial charge in [-0.3, -0.25) is 9.69 Å². The molecular formula is C28H28N8O. The van der Waals surface area contributed by atoms with Crippen LogP contribution in [0.1, 0.15) is 5.69 Å². The molecule has 0 aliphatic carbocycles. The summed E-state index contributed by atoms with van der Waals surface area (Å²) in [5.41, 5.74) is 6.13. The summed E-state index contributed by atoms with van der Waals surface area (Å²) in [5.74, 6) is -0.129. The maximum atomic E-state index is 12.3. The number of amides is 1. The highest BCUT2D eigenvalue weighted by molar-refractivity contribution is 5.90. The van der Waals surface area contributed by atoms with Gasteiger partial charge >= 0.3 is 0 Å². The third-order valence-corrected chi connectivity index (χ3v) is 6.73. The molecule has 0 atom stereocenters. The number of para-hydroxylation sites is 1. The second-order valence-electron chi connectivity index (χ2n) is 9.19. The van der Waals surface area contributed by atoms with Crippen LogP contribution in [-0.4, -0.2) is 61.1 Å². The fourth-order valence-electron chi connectivity index (χ4n) is 4.83. The van der Waals surface area contributed by atoms with Gasteiger partial charge in [-0.15, -0.1) is 10.2 Å². The summed E-state index contributed by atoms with van der Waals surface area (Å²) >= 11 is 0. The number of fused-ring (bicyclic) bond motifs is 1. The van der Waals surface area contributed by atoms with Gasteiger partial charge in [0.15, 0.2) is 0 Å². The Morgan fingerprint density at radius 1 is 0.838 bits per heavy atom. The van der Waals surface area contributed by atoms with Crippen molar-refractivity contribution in [3.8, 4) is 11.3 Å². The van der Waals surface area contributed by atoms with Crippen LogP contribution < -0.4 is 10.2 Å². The lowest BCUT2D eigenvalue weighted by atomic mass is 10.1. The van der Waals surface area contributed by atoms with Crippen LogP contribution >= 0.6 is 0 Å². The van der Waals surface area contributed by atoms with Gasteiger partial charge in [-0.2, -0.15) is 0 Å². The molecule has 3 aromatic heterocycles. The van der Waals surface area contributed by atoms with Crippen LogP contribution in [0.4, 0.5) is 11.4 Å². The van der Waals surface area contributed by atoms with Crippen LogP contribution in [0.3, 0.4) is 0 Å². The van der Waals surface area contributed by atoms with Crippen LogP contribution in [0.25, 0.3) is 16.9 Å². The maximum Gasteiger partial charge on any atom is 0.244 e. The zero-order valence-corrected chi connectivity index (χ0v) is 20.4. The lowest BCUT2D eigenvalue weighted by molar-refractivity contribution is -0.116. The highest BCUT2D eigenvalue weighted by atomic mass is 16.1. The van der Waals surface area contributed by atoms with E-state index in [-0.39, 0.29) is 12.5 Å². The number of carbonyl (C=O) groups excluding carboxylic acids is 1. The second-order valence-corrected chi connectivity index (χ2v) is 9.19. The Morgan fingerprint density at radius 2 is 1.57 bits per heavy atom. The lowest BCUT2D eigenvalue weighted by Crippen LogP contribution is -2.46. The van der Waals surface area contributed by atoms with Crippen LogP contribution in [0.5, 0.6) is 0 Å². The maximum absolute atomic E-state index is 12.3. The minimum atomic E-state index is -0.129. The zero-order valence-electron chi connectivity index (χ0n) is 20.4. The van der Waals surface area contributed by atoms with Crippen molar-refractivity contribution in [2.45, 2.75) is 13.1 Å². The molecule has 1 amide bonds. The van der Waals surface area contributed by atoms with E-state index in [1.807, 2.05) is 42.5 Å². The van der Waals surface area contributed by atoms with Gasteiger partial charge in [0.2, 0.25) is 5.91 Å². The number of hydrogen-bond acceptors (Lipinski definition) is 6. The van der Waals surface area contributed by atoms with Crippen molar-refractivity contribution in [3.05, 3.63) is 97.3 Å². The fourth-order valence-corrected chi connectivity index (χ4v) is 4.83. The predicted molar refractivity (Wildman–Crippen MR) is 143 cm³/mol. The van der Waals surface area contributed by atoms with E-state index in [9.17, 15) is 4.79 Å². The van der Waals surface area contributed by atoms with Gasteiger partial charge in [0.05, 0.1) is 11.4 Å². The number of benzene rings is 2. The van der Waals surface area contributed by atoms with E-state index in [4.69, 9.17) is 4.98 Å². The number of anilines is 2. The van der Waals surface area contributed by atoms with Gasteiger partial charge < -0.3 is 19.2 Å². The number of nitrogens with zero attached hydrogens (tertiary/aromatic N) is 7.